The van der Waals surface area contributed by atoms with Crippen LogP contribution in [-0.4, -0.2) is 30.9 Å². The summed E-state index contributed by atoms with van der Waals surface area (Å²) in [7, 11) is 0. The van der Waals surface area contributed by atoms with Crippen LogP contribution in [-0.2, 0) is 6.54 Å². The first-order valence-corrected chi connectivity index (χ1v) is 8.17. The topological polar surface area (TPSA) is 46.6 Å². The first-order chi connectivity index (χ1) is 11.4. The third-order valence-electron chi connectivity index (χ3n) is 4.53. The highest BCUT2D eigenvalue weighted by atomic mass is 35.5. The molecule has 2 aliphatic heterocycles. The molecule has 0 amide bonds. The highest BCUT2D eigenvalue weighted by Crippen LogP contribution is 2.35. The van der Waals surface area contributed by atoms with Crippen molar-refractivity contribution in [3.8, 4) is 11.5 Å². The summed E-state index contributed by atoms with van der Waals surface area (Å²) in [5.74, 6) is 2.83. The molecule has 0 radical (unpaired) electrons. The van der Waals surface area contributed by atoms with Gasteiger partial charge in [0.1, 0.15) is 5.82 Å². The number of aromatic nitrogens is 1. The summed E-state index contributed by atoms with van der Waals surface area (Å²) >= 11 is 0. The summed E-state index contributed by atoms with van der Waals surface area (Å²) in [6.07, 6.45) is 4.11. The summed E-state index contributed by atoms with van der Waals surface area (Å²) in [5, 5.41) is 3.66. The van der Waals surface area contributed by atoms with Crippen molar-refractivity contribution in [2.75, 3.05) is 24.8 Å². The summed E-state index contributed by atoms with van der Waals surface area (Å²) in [6.45, 7) is 3.23. The van der Waals surface area contributed by atoms with Gasteiger partial charge in [-0.05, 0) is 31.0 Å². The SMILES string of the molecule is Cl.c1ccc(N2CCC(NCc3cccc4c3OCO4)CC2)nc1. The second kappa shape index (κ2) is 7.73. The molecule has 0 saturated carbocycles. The zero-order valence-corrected chi connectivity index (χ0v) is 14.3. The first kappa shape index (κ1) is 16.9. The van der Waals surface area contributed by atoms with Gasteiger partial charge in [0.2, 0.25) is 6.79 Å². The van der Waals surface area contributed by atoms with Crippen molar-refractivity contribution in [1.29, 1.82) is 0 Å². The van der Waals surface area contributed by atoms with Gasteiger partial charge in [0.25, 0.3) is 0 Å². The average Bonchev–Trinajstić information content (AvgIpc) is 3.10. The summed E-state index contributed by atoms with van der Waals surface area (Å²) in [4.78, 5) is 6.79. The molecule has 0 bridgehead atoms. The lowest BCUT2D eigenvalue weighted by atomic mass is 10.0. The van der Waals surface area contributed by atoms with Gasteiger partial charge in [-0.2, -0.15) is 0 Å². The van der Waals surface area contributed by atoms with Crippen LogP contribution >= 0.6 is 12.4 Å². The fraction of sp³-hybridized carbons (Fsp3) is 0.389. The van der Waals surface area contributed by atoms with Gasteiger partial charge in [0, 0.05) is 37.4 Å². The molecule has 128 valence electrons. The van der Waals surface area contributed by atoms with Crippen LogP contribution in [0.5, 0.6) is 11.5 Å². The predicted molar refractivity (Wildman–Crippen MR) is 96.1 cm³/mol. The van der Waals surface area contributed by atoms with Crippen molar-refractivity contribution < 1.29 is 9.47 Å². The predicted octanol–water partition coefficient (Wildman–Crippen LogP) is 2.99. The Kier molecular flexibility index (Phi) is 5.43. The molecule has 1 N–H and O–H groups in total. The summed E-state index contributed by atoms with van der Waals surface area (Å²) < 4.78 is 11.0. The number of nitrogens with one attached hydrogen (secondary N) is 1. The van der Waals surface area contributed by atoms with E-state index in [1.165, 1.54) is 5.56 Å². The summed E-state index contributed by atoms with van der Waals surface area (Å²) in [5.41, 5.74) is 1.17. The van der Waals surface area contributed by atoms with E-state index in [1.807, 2.05) is 30.5 Å². The molecule has 6 heteroatoms. The van der Waals surface area contributed by atoms with E-state index >= 15 is 0 Å². The first-order valence-electron chi connectivity index (χ1n) is 8.17. The molecule has 1 aromatic heterocycles. The van der Waals surface area contributed by atoms with Gasteiger partial charge in [-0.3, -0.25) is 0 Å². The molecule has 0 spiro atoms. The van der Waals surface area contributed by atoms with E-state index in [0.717, 1.165) is 49.8 Å². The van der Waals surface area contributed by atoms with Crippen molar-refractivity contribution in [1.82, 2.24) is 10.3 Å². The van der Waals surface area contributed by atoms with Gasteiger partial charge in [0.05, 0.1) is 0 Å². The number of para-hydroxylation sites is 1. The Morgan fingerprint density at radius 2 is 1.96 bits per heavy atom. The molecule has 2 aliphatic rings. The minimum absolute atomic E-state index is 0. The zero-order chi connectivity index (χ0) is 15.5. The molecule has 2 aromatic rings. The highest BCUT2D eigenvalue weighted by Gasteiger charge is 2.21. The molecule has 1 aromatic carbocycles. The van der Waals surface area contributed by atoms with Crippen LogP contribution in [0.2, 0.25) is 0 Å². The van der Waals surface area contributed by atoms with E-state index in [9.17, 15) is 0 Å². The van der Waals surface area contributed by atoms with E-state index in [0.29, 0.717) is 12.8 Å². The van der Waals surface area contributed by atoms with Crippen LogP contribution in [0.1, 0.15) is 18.4 Å². The minimum atomic E-state index is 0. The lowest BCUT2D eigenvalue weighted by Gasteiger charge is -2.33. The Balaban J connectivity index is 0.00000169. The van der Waals surface area contributed by atoms with Crippen molar-refractivity contribution >= 4 is 18.2 Å². The molecule has 0 unspecified atom stereocenters. The minimum Gasteiger partial charge on any atom is -0.454 e. The van der Waals surface area contributed by atoms with Crippen LogP contribution < -0.4 is 19.7 Å². The van der Waals surface area contributed by atoms with Crippen LogP contribution in [0.25, 0.3) is 0 Å². The third-order valence-corrected chi connectivity index (χ3v) is 4.53. The molecular weight excluding hydrogens is 326 g/mol. The van der Waals surface area contributed by atoms with Gasteiger partial charge in [0.15, 0.2) is 11.5 Å². The number of nitrogens with zero attached hydrogens (tertiary/aromatic N) is 2. The smallest absolute Gasteiger partial charge is 0.231 e. The van der Waals surface area contributed by atoms with E-state index < -0.39 is 0 Å². The number of hydrogen-bond acceptors (Lipinski definition) is 5. The number of hydrogen-bond donors (Lipinski definition) is 1. The molecule has 4 rings (SSSR count). The van der Waals surface area contributed by atoms with E-state index in [-0.39, 0.29) is 12.4 Å². The largest absolute Gasteiger partial charge is 0.454 e. The Morgan fingerprint density at radius 3 is 2.75 bits per heavy atom. The molecule has 24 heavy (non-hydrogen) atoms. The second-order valence-electron chi connectivity index (χ2n) is 5.98. The fourth-order valence-electron chi connectivity index (χ4n) is 3.24. The van der Waals surface area contributed by atoms with Gasteiger partial charge < -0.3 is 19.7 Å². The maximum absolute atomic E-state index is 5.57. The Morgan fingerprint density at radius 1 is 1.08 bits per heavy atom. The second-order valence-corrected chi connectivity index (χ2v) is 5.98. The Hall–Kier alpha value is -1.98. The molecule has 5 nitrogen and oxygen atoms in total. The maximum atomic E-state index is 5.57. The number of benzene rings is 1. The van der Waals surface area contributed by atoms with Crippen LogP contribution in [0.15, 0.2) is 42.6 Å². The Labute approximate surface area is 148 Å². The number of piperidine rings is 1. The number of fused-ring (bicyclic) bond motifs is 1. The van der Waals surface area contributed by atoms with Crippen LogP contribution in [0.3, 0.4) is 0 Å². The molecule has 1 saturated heterocycles. The molecule has 1 fully saturated rings. The standard InChI is InChI=1S/C18H21N3O2.ClH/c1-2-9-19-17(6-1)21-10-7-15(8-11-21)20-12-14-4-3-5-16-18(14)23-13-22-16;/h1-6,9,15,20H,7-8,10-13H2;1H. The van der Waals surface area contributed by atoms with Crippen molar-refractivity contribution in [2.45, 2.75) is 25.4 Å². The van der Waals surface area contributed by atoms with Gasteiger partial charge >= 0.3 is 0 Å². The highest BCUT2D eigenvalue weighted by molar-refractivity contribution is 5.85. The van der Waals surface area contributed by atoms with E-state index in [4.69, 9.17) is 9.47 Å². The summed E-state index contributed by atoms with van der Waals surface area (Å²) in [6, 6.07) is 12.7. The molecular formula is C18H22ClN3O2. The monoisotopic (exact) mass is 347 g/mol. The normalized spacial score (nSPS) is 16.8. The maximum Gasteiger partial charge on any atom is 0.231 e. The zero-order valence-electron chi connectivity index (χ0n) is 13.5. The van der Waals surface area contributed by atoms with Crippen molar-refractivity contribution in [3.63, 3.8) is 0 Å². The number of ether oxygens (including phenoxy) is 2. The number of anilines is 1. The van der Waals surface area contributed by atoms with Gasteiger partial charge in [-0.25, -0.2) is 4.98 Å². The molecule has 0 atom stereocenters. The van der Waals surface area contributed by atoms with Gasteiger partial charge in [-0.1, -0.05) is 18.2 Å². The van der Waals surface area contributed by atoms with E-state index in [1.54, 1.807) is 0 Å². The van der Waals surface area contributed by atoms with Crippen molar-refractivity contribution in [2.24, 2.45) is 0 Å². The fourth-order valence-corrected chi connectivity index (χ4v) is 3.24. The molecule has 3 heterocycles. The number of halogens is 1. The van der Waals surface area contributed by atoms with Crippen LogP contribution in [0, 0.1) is 0 Å². The average molecular weight is 348 g/mol. The van der Waals surface area contributed by atoms with Crippen molar-refractivity contribution in [3.05, 3.63) is 48.2 Å². The quantitative estimate of drug-likeness (QED) is 0.921. The third kappa shape index (κ3) is 3.57. The number of pyridine rings is 1. The lowest BCUT2D eigenvalue weighted by Crippen LogP contribution is -2.42. The van der Waals surface area contributed by atoms with E-state index in [2.05, 4.69) is 27.3 Å². The van der Waals surface area contributed by atoms with Crippen LogP contribution in [0.4, 0.5) is 5.82 Å². The number of rotatable bonds is 4. The Bertz CT molecular complexity index is 661. The lowest BCUT2D eigenvalue weighted by molar-refractivity contribution is 0.173. The molecule has 0 aliphatic carbocycles. The van der Waals surface area contributed by atoms with Gasteiger partial charge in [-0.15, -0.1) is 12.4 Å².